The zero-order valence-corrected chi connectivity index (χ0v) is 15.3. The van der Waals surface area contributed by atoms with Gasteiger partial charge in [-0.1, -0.05) is 6.08 Å². The molecule has 1 fully saturated rings. The number of hydrogen-bond donors (Lipinski definition) is 2. The maximum absolute atomic E-state index is 11.9. The van der Waals surface area contributed by atoms with E-state index < -0.39 is 0 Å². The van der Waals surface area contributed by atoms with Crippen molar-refractivity contribution in [1.29, 1.82) is 0 Å². The first-order chi connectivity index (χ1) is 11.6. The molecule has 0 spiro atoms. The van der Waals surface area contributed by atoms with Crippen LogP contribution in [-0.4, -0.2) is 36.6 Å². The number of phenolic OH excluding ortho intramolecular Hbond substituents is 1. The molecular formula is C17H21NO4S2. The Morgan fingerprint density at radius 2 is 2.29 bits per heavy atom. The van der Waals surface area contributed by atoms with Gasteiger partial charge in [0.15, 0.2) is 11.5 Å². The zero-order valence-electron chi connectivity index (χ0n) is 13.7. The van der Waals surface area contributed by atoms with Gasteiger partial charge in [0.2, 0.25) is 0 Å². The molecule has 1 aromatic carbocycles. The van der Waals surface area contributed by atoms with Crippen LogP contribution in [0, 0.1) is 0 Å². The van der Waals surface area contributed by atoms with E-state index in [4.69, 9.17) is 9.47 Å². The predicted molar refractivity (Wildman–Crippen MR) is 97.5 cm³/mol. The molecule has 0 aromatic heterocycles. The second kappa shape index (κ2) is 7.72. The first kappa shape index (κ1) is 17.5. The average Bonchev–Trinajstić information content (AvgIpc) is 3.27. The molecule has 0 aliphatic carbocycles. The highest BCUT2D eigenvalue weighted by atomic mass is 32.2. The molecule has 5 nitrogen and oxygen atoms in total. The summed E-state index contributed by atoms with van der Waals surface area (Å²) in [5.41, 5.74) is 1.88. The topological polar surface area (TPSA) is 67.8 Å². The van der Waals surface area contributed by atoms with Gasteiger partial charge in [-0.3, -0.25) is 10.1 Å². The van der Waals surface area contributed by atoms with Crippen molar-refractivity contribution >= 4 is 29.5 Å². The van der Waals surface area contributed by atoms with E-state index in [-0.39, 0.29) is 23.1 Å². The molecule has 24 heavy (non-hydrogen) atoms. The Morgan fingerprint density at radius 1 is 1.46 bits per heavy atom. The summed E-state index contributed by atoms with van der Waals surface area (Å²) in [6.45, 7) is 2.16. The van der Waals surface area contributed by atoms with Crippen molar-refractivity contribution in [1.82, 2.24) is 5.32 Å². The van der Waals surface area contributed by atoms with Crippen molar-refractivity contribution in [3.63, 3.8) is 0 Å². The predicted octanol–water partition coefficient (Wildman–Crippen LogP) is 3.36. The number of esters is 1. The summed E-state index contributed by atoms with van der Waals surface area (Å²) in [7, 11) is 1.55. The third-order valence-electron chi connectivity index (χ3n) is 4.04. The molecular weight excluding hydrogens is 346 g/mol. The summed E-state index contributed by atoms with van der Waals surface area (Å²) in [5, 5.41) is 16.1. The Kier molecular flexibility index (Phi) is 5.63. The van der Waals surface area contributed by atoms with E-state index in [1.54, 1.807) is 37.6 Å². The molecule has 3 rings (SSSR count). The number of aromatic hydroxyl groups is 1. The summed E-state index contributed by atoms with van der Waals surface area (Å²) < 4.78 is 10.4. The molecule has 0 amide bonds. The number of phenols is 1. The molecule has 2 aliphatic rings. The summed E-state index contributed by atoms with van der Waals surface area (Å²) in [4.78, 5) is 11.9. The van der Waals surface area contributed by atoms with Crippen molar-refractivity contribution in [2.45, 2.75) is 30.0 Å². The van der Waals surface area contributed by atoms with Crippen molar-refractivity contribution in [2.75, 3.05) is 19.5 Å². The van der Waals surface area contributed by atoms with E-state index in [1.165, 1.54) is 0 Å². The molecule has 7 heteroatoms. The lowest BCUT2D eigenvalue weighted by Gasteiger charge is -2.19. The Hall–Kier alpha value is -1.31. The monoisotopic (exact) mass is 367 g/mol. The standard InChI is InChI=1S/C17H21NO4S2/c1-3-22-17(20)12-9-24-16(18-12)11-7-10(14-5-4-6-23-14)8-13(21-2)15(11)19/h4,6-8,12,14,16,18-19H,3,5,9H2,1-2H3/t12-,14?,16?/m0/s1. The lowest BCUT2D eigenvalue weighted by Crippen LogP contribution is -2.35. The normalized spacial score (nSPS) is 25.8. The molecule has 2 heterocycles. The Balaban J connectivity index is 1.84. The van der Waals surface area contributed by atoms with E-state index in [2.05, 4.69) is 16.8 Å². The van der Waals surface area contributed by atoms with Crippen LogP contribution in [-0.2, 0) is 9.53 Å². The summed E-state index contributed by atoms with van der Waals surface area (Å²) in [6.07, 6.45) is 3.11. The van der Waals surface area contributed by atoms with Crippen LogP contribution in [0.25, 0.3) is 0 Å². The number of allylic oxidation sites excluding steroid dienone is 1. The number of carbonyl (C=O) groups excluding carboxylic acids is 1. The smallest absolute Gasteiger partial charge is 0.324 e. The van der Waals surface area contributed by atoms with Gasteiger partial charge in [0, 0.05) is 16.6 Å². The van der Waals surface area contributed by atoms with Crippen LogP contribution in [0.5, 0.6) is 11.5 Å². The van der Waals surface area contributed by atoms with E-state index in [1.807, 2.05) is 12.1 Å². The van der Waals surface area contributed by atoms with Gasteiger partial charge < -0.3 is 14.6 Å². The maximum atomic E-state index is 11.9. The van der Waals surface area contributed by atoms with Crippen LogP contribution in [0.15, 0.2) is 23.6 Å². The molecule has 2 aliphatic heterocycles. The first-order valence-corrected chi connectivity index (χ1v) is 9.88. The molecule has 0 saturated carbocycles. The summed E-state index contributed by atoms with van der Waals surface area (Å²) in [6, 6.07) is 3.56. The van der Waals surface area contributed by atoms with Crippen LogP contribution in [0.3, 0.4) is 0 Å². The number of carbonyl (C=O) groups is 1. The maximum Gasteiger partial charge on any atom is 0.324 e. The molecule has 0 bridgehead atoms. The molecule has 1 aromatic rings. The largest absolute Gasteiger partial charge is 0.504 e. The molecule has 2 unspecified atom stereocenters. The molecule has 0 radical (unpaired) electrons. The van der Waals surface area contributed by atoms with Crippen molar-refractivity contribution in [3.8, 4) is 11.5 Å². The third-order valence-corrected chi connectivity index (χ3v) is 6.44. The van der Waals surface area contributed by atoms with E-state index >= 15 is 0 Å². The number of methoxy groups -OCH3 is 1. The van der Waals surface area contributed by atoms with Gasteiger partial charge in [-0.2, -0.15) is 0 Å². The Labute approximate surface area is 150 Å². The van der Waals surface area contributed by atoms with Gasteiger partial charge in [-0.05, 0) is 36.4 Å². The number of hydrogen-bond acceptors (Lipinski definition) is 7. The van der Waals surface area contributed by atoms with Crippen LogP contribution in [0.2, 0.25) is 0 Å². The van der Waals surface area contributed by atoms with Crippen LogP contribution >= 0.6 is 23.5 Å². The van der Waals surface area contributed by atoms with Gasteiger partial charge in [0.25, 0.3) is 0 Å². The van der Waals surface area contributed by atoms with Crippen molar-refractivity contribution in [3.05, 3.63) is 34.7 Å². The number of benzene rings is 1. The molecule has 130 valence electrons. The minimum Gasteiger partial charge on any atom is -0.504 e. The molecule has 2 N–H and O–H groups in total. The average molecular weight is 367 g/mol. The summed E-state index contributed by atoms with van der Waals surface area (Å²) >= 11 is 3.36. The van der Waals surface area contributed by atoms with E-state index in [0.29, 0.717) is 23.4 Å². The number of thioether (sulfide) groups is 2. The van der Waals surface area contributed by atoms with Crippen molar-refractivity contribution in [2.24, 2.45) is 0 Å². The van der Waals surface area contributed by atoms with E-state index in [0.717, 1.165) is 17.5 Å². The van der Waals surface area contributed by atoms with Gasteiger partial charge >= 0.3 is 5.97 Å². The van der Waals surface area contributed by atoms with Crippen LogP contribution in [0.1, 0.15) is 35.1 Å². The second-order valence-corrected chi connectivity index (χ2v) is 7.83. The van der Waals surface area contributed by atoms with Crippen LogP contribution in [0.4, 0.5) is 0 Å². The van der Waals surface area contributed by atoms with Gasteiger partial charge in [-0.25, -0.2) is 0 Å². The second-order valence-electron chi connectivity index (χ2n) is 5.58. The third kappa shape index (κ3) is 3.53. The molecule has 1 saturated heterocycles. The fourth-order valence-corrected chi connectivity index (χ4v) is 4.99. The number of ether oxygens (including phenoxy) is 2. The minimum absolute atomic E-state index is 0.131. The van der Waals surface area contributed by atoms with Gasteiger partial charge in [0.05, 0.1) is 19.1 Å². The highest BCUT2D eigenvalue weighted by molar-refractivity contribution is 8.02. The highest BCUT2D eigenvalue weighted by Crippen LogP contribution is 2.46. The lowest BCUT2D eigenvalue weighted by molar-refractivity contribution is -0.144. The highest BCUT2D eigenvalue weighted by Gasteiger charge is 2.34. The van der Waals surface area contributed by atoms with Crippen molar-refractivity contribution < 1.29 is 19.4 Å². The fraction of sp³-hybridized carbons (Fsp3) is 0.471. The lowest BCUT2D eigenvalue weighted by atomic mass is 10.0. The molecule has 3 atom stereocenters. The minimum atomic E-state index is -0.350. The number of rotatable bonds is 5. The quantitative estimate of drug-likeness (QED) is 0.774. The van der Waals surface area contributed by atoms with Gasteiger partial charge in [-0.15, -0.1) is 23.5 Å². The van der Waals surface area contributed by atoms with E-state index in [9.17, 15) is 9.90 Å². The van der Waals surface area contributed by atoms with Gasteiger partial charge in [0.1, 0.15) is 6.04 Å². The fourth-order valence-electron chi connectivity index (χ4n) is 2.82. The number of nitrogens with one attached hydrogen (secondary N) is 1. The summed E-state index contributed by atoms with van der Waals surface area (Å²) in [5.74, 6) is 0.976. The van der Waals surface area contributed by atoms with Crippen LogP contribution < -0.4 is 10.1 Å². The Morgan fingerprint density at radius 3 is 2.96 bits per heavy atom. The first-order valence-electron chi connectivity index (χ1n) is 7.89. The zero-order chi connectivity index (χ0) is 17.1. The Bertz CT molecular complexity index is 642. The SMILES string of the molecule is CCOC(=O)[C@@H]1CSC(c2cc(C3CC=CS3)cc(OC)c2O)N1.